The van der Waals surface area contributed by atoms with Gasteiger partial charge >= 0.3 is 5.97 Å². The van der Waals surface area contributed by atoms with Gasteiger partial charge in [-0.3, -0.25) is 4.79 Å². The first-order chi connectivity index (χ1) is 11.8. The molecule has 0 atom stereocenters. The second-order valence-corrected chi connectivity index (χ2v) is 7.37. The van der Waals surface area contributed by atoms with Crippen LogP contribution >= 0.6 is 47.8 Å². The zero-order valence-electron chi connectivity index (χ0n) is 12.6. The number of halogens is 3. The lowest BCUT2D eigenvalue weighted by atomic mass is 10.3. The van der Waals surface area contributed by atoms with Crippen LogP contribution in [-0.2, 0) is 9.59 Å². The molecule has 0 fully saturated rings. The Kier molecular flexibility index (Phi) is 7.27. The number of benzene rings is 2. The number of carbonyl (C=O) groups excluding carboxylic acids is 1. The maximum atomic E-state index is 12.0. The van der Waals surface area contributed by atoms with Crippen molar-refractivity contribution in [2.75, 3.05) is 18.5 Å². The van der Waals surface area contributed by atoms with Crippen LogP contribution in [0.3, 0.4) is 0 Å². The molecule has 0 bridgehead atoms. The molecule has 0 unspecified atom stereocenters. The van der Waals surface area contributed by atoms with Crippen molar-refractivity contribution in [1.82, 2.24) is 0 Å². The van der Waals surface area contributed by atoms with Gasteiger partial charge in [0.05, 0.1) is 8.95 Å². The fraction of sp³-hybridized carbons (Fsp3) is 0.125. The minimum Gasteiger partial charge on any atom is -0.482 e. The zero-order valence-corrected chi connectivity index (χ0v) is 17.4. The number of carboxylic acid groups (broad SMARTS) is 1. The number of hydrogen-bond acceptors (Lipinski definition) is 4. The zero-order chi connectivity index (χ0) is 18.4. The monoisotopic (exact) mass is 535 g/mol. The topological polar surface area (TPSA) is 84.9 Å². The Hall–Kier alpha value is -1.58. The predicted octanol–water partition coefficient (Wildman–Crippen LogP) is 4.46. The molecule has 2 aromatic carbocycles. The molecule has 25 heavy (non-hydrogen) atoms. The van der Waals surface area contributed by atoms with E-state index in [4.69, 9.17) is 14.6 Å². The van der Waals surface area contributed by atoms with E-state index >= 15 is 0 Å². The van der Waals surface area contributed by atoms with Gasteiger partial charge in [-0.15, -0.1) is 0 Å². The van der Waals surface area contributed by atoms with Crippen LogP contribution in [0.1, 0.15) is 0 Å². The van der Waals surface area contributed by atoms with Crippen LogP contribution in [0.15, 0.2) is 49.8 Å². The van der Waals surface area contributed by atoms with Crippen molar-refractivity contribution >= 4 is 65.4 Å². The van der Waals surface area contributed by atoms with E-state index < -0.39 is 12.6 Å². The van der Waals surface area contributed by atoms with Crippen molar-refractivity contribution in [3.05, 3.63) is 49.8 Å². The minimum absolute atomic E-state index is 0.171. The van der Waals surface area contributed by atoms with Crippen molar-refractivity contribution in [3.63, 3.8) is 0 Å². The molecule has 9 heteroatoms. The highest BCUT2D eigenvalue weighted by Gasteiger charge is 2.11. The number of carboxylic acids is 1. The second kappa shape index (κ2) is 9.21. The number of aliphatic carboxylic acids is 1. The molecule has 0 aromatic heterocycles. The SMILES string of the molecule is O=C(O)COc1ccc(NC(=O)COc2c(Br)cc(Br)cc2Br)cc1. The average Bonchev–Trinajstić information content (AvgIpc) is 2.53. The van der Waals surface area contributed by atoms with Gasteiger partial charge in [-0.1, -0.05) is 15.9 Å². The fourth-order valence-corrected chi connectivity index (χ4v) is 4.27. The molecule has 2 rings (SSSR count). The molecular formula is C16H12Br3NO5. The summed E-state index contributed by atoms with van der Waals surface area (Å²) < 4.78 is 12.8. The number of amides is 1. The maximum Gasteiger partial charge on any atom is 0.341 e. The van der Waals surface area contributed by atoms with Crippen molar-refractivity contribution in [2.45, 2.75) is 0 Å². The molecule has 0 aliphatic heterocycles. The van der Waals surface area contributed by atoms with Crippen molar-refractivity contribution in [1.29, 1.82) is 0 Å². The average molecular weight is 538 g/mol. The summed E-state index contributed by atoms with van der Waals surface area (Å²) in [6.45, 7) is -0.591. The first kappa shape index (κ1) is 19.7. The van der Waals surface area contributed by atoms with Crippen LogP contribution in [0, 0.1) is 0 Å². The number of rotatable bonds is 7. The van der Waals surface area contributed by atoms with E-state index in [2.05, 4.69) is 53.1 Å². The molecule has 0 radical (unpaired) electrons. The van der Waals surface area contributed by atoms with Gasteiger partial charge in [0.2, 0.25) is 0 Å². The lowest BCUT2D eigenvalue weighted by molar-refractivity contribution is -0.139. The summed E-state index contributed by atoms with van der Waals surface area (Å²) in [6.07, 6.45) is 0. The van der Waals surface area contributed by atoms with Gasteiger partial charge in [-0.25, -0.2) is 4.79 Å². The molecule has 0 saturated heterocycles. The van der Waals surface area contributed by atoms with Gasteiger partial charge in [0.1, 0.15) is 11.5 Å². The van der Waals surface area contributed by atoms with Gasteiger partial charge in [-0.05, 0) is 68.3 Å². The Morgan fingerprint density at radius 1 is 0.960 bits per heavy atom. The molecule has 0 heterocycles. The van der Waals surface area contributed by atoms with Crippen LogP contribution in [-0.4, -0.2) is 30.2 Å². The van der Waals surface area contributed by atoms with E-state index in [-0.39, 0.29) is 12.5 Å². The third-order valence-electron chi connectivity index (χ3n) is 2.81. The Bertz CT molecular complexity index is 757. The molecule has 1 amide bonds. The van der Waals surface area contributed by atoms with Crippen molar-refractivity contribution < 1.29 is 24.2 Å². The van der Waals surface area contributed by atoms with Crippen LogP contribution in [0.5, 0.6) is 11.5 Å². The summed E-state index contributed by atoms with van der Waals surface area (Å²) in [4.78, 5) is 22.4. The number of anilines is 1. The number of ether oxygens (including phenoxy) is 2. The summed E-state index contributed by atoms with van der Waals surface area (Å²) in [5.74, 6) is -0.462. The van der Waals surface area contributed by atoms with Crippen LogP contribution < -0.4 is 14.8 Å². The maximum absolute atomic E-state index is 12.0. The molecule has 132 valence electrons. The van der Waals surface area contributed by atoms with E-state index in [1.807, 2.05) is 12.1 Å². The highest BCUT2D eigenvalue weighted by atomic mass is 79.9. The lowest BCUT2D eigenvalue weighted by Crippen LogP contribution is -2.20. The Morgan fingerprint density at radius 3 is 2.12 bits per heavy atom. The quantitative estimate of drug-likeness (QED) is 0.545. The Balaban J connectivity index is 1.89. The van der Waals surface area contributed by atoms with Crippen LogP contribution in [0.25, 0.3) is 0 Å². The van der Waals surface area contributed by atoms with Gasteiger partial charge in [0, 0.05) is 10.2 Å². The lowest BCUT2D eigenvalue weighted by Gasteiger charge is -2.11. The smallest absolute Gasteiger partial charge is 0.341 e. The molecule has 6 nitrogen and oxygen atoms in total. The normalized spacial score (nSPS) is 10.2. The first-order valence-corrected chi connectivity index (χ1v) is 9.25. The largest absolute Gasteiger partial charge is 0.482 e. The highest BCUT2D eigenvalue weighted by Crippen LogP contribution is 2.36. The second-order valence-electron chi connectivity index (χ2n) is 4.74. The molecule has 0 saturated carbocycles. The van der Waals surface area contributed by atoms with E-state index in [1.54, 1.807) is 24.3 Å². The molecule has 0 aliphatic carbocycles. The highest BCUT2D eigenvalue weighted by molar-refractivity contribution is 9.11. The third kappa shape index (κ3) is 6.33. The first-order valence-electron chi connectivity index (χ1n) is 6.87. The number of carbonyl (C=O) groups is 2. The Labute approximate surface area is 168 Å². The number of nitrogens with one attached hydrogen (secondary N) is 1. The fourth-order valence-electron chi connectivity index (χ4n) is 1.78. The summed E-state index contributed by atoms with van der Waals surface area (Å²) in [5.41, 5.74) is 0.546. The summed E-state index contributed by atoms with van der Waals surface area (Å²) >= 11 is 10.1. The van der Waals surface area contributed by atoms with Gasteiger partial charge in [-0.2, -0.15) is 0 Å². The standard InChI is InChI=1S/C16H12Br3NO5/c17-9-5-12(18)16(13(19)6-9)25-7-14(21)20-10-1-3-11(4-2-10)24-8-15(22)23/h1-6H,7-8H2,(H,20,21)(H,22,23). The molecular weight excluding hydrogens is 526 g/mol. The summed E-state index contributed by atoms with van der Waals surface area (Å²) in [5, 5.41) is 11.2. The van der Waals surface area contributed by atoms with Gasteiger partial charge < -0.3 is 19.9 Å². The van der Waals surface area contributed by atoms with Crippen molar-refractivity contribution in [3.8, 4) is 11.5 Å². The van der Waals surface area contributed by atoms with E-state index in [0.29, 0.717) is 26.1 Å². The van der Waals surface area contributed by atoms with E-state index in [0.717, 1.165) is 4.47 Å². The van der Waals surface area contributed by atoms with Gasteiger partial charge in [0.25, 0.3) is 5.91 Å². The van der Waals surface area contributed by atoms with Crippen molar-refractivity contribution in [2.24, 2.45) is 0 Å². The van der Waals surface area contributed by atoms with Gasteiger partial charge in [0.15, 0.2) is 13.2 Å². The summed E-state index contributed by atoms with van der Waals surface area (Å²) in [7, 11) is 0. The predicted molar refractivity (Wildman–Crippen MR) is 103 cm³/mol. The van der Waals surface area contributed by atoms with Crippen LogP contribution in [0.2, 0.25) is 0 Å². The Morgan fingerprint density at radius 2 is 1.56 bits per heavy atom. The summed E-state index contributed by atoms with van der Waals surface area (Å²) in [6, 6.07) is 9.99. The molecule has 0 aliphatic rings. The molecule has 0 spiro atoms. The number of hydrogen-bond donors (Lipinski definition) is 2. The molecule has 2 N–H and O–H groups in total. The van der Waals surface area contributed by atoms with E-state index in [9.17, 15) is 9.59 Å². The minimum atomic E-state index is -1.06. The molecule has 2 aromatic rings. The third-order valence-corrected chi connectivity index (χ3v) is 4.45. The van der Waals surface area contributed by atoms with E-state index in [1.165, 1.54) is 0 Å². The van der Waals surface area contributed by atoms with Crippen LogP contribution in [0.4, 0.5) is 5.69 Å².